The van der Waals surface area contributed by atoms with Gasteiger partial charge < -0.3 is 14.4 Å². The molecular formula is C9H13N5O. The second-order valence-electron chi connectivity index (χ2n) is 3.23. The van der Waals surface area contributed by atoms with Gasteiger partial charge in [-0.2, -0.15) is 4.98 Å². The lowest BCUT2D eigenvalue weighted by molar-refractivity contribution is 0.409. The zero-order chi connectivity index (χ0) is 10.5. The lowest BCUT2D eigenvalue weighted by Gasteiger charge is -2.02. The molecule has 0 aliphatic carbocycles. The lowest BCUT2D eigenvalue weighted by Crippen LogP contribution is -2.19. The fourth-order valence-electron chi connectivity index (χ4n) is 1.27. The molecule has 0 radical (unpaired) electrons. The molecule has 0 amide bonds. The maximum absolute atomic E-state index is 4.63. The predicted molar refractivity (Wildman–Crippen MR) is 52.9 cm³/mol. The van der Waals surface area contributed by atoms with E-state index in [-0.39, 0.29) is 0 Å². The van der Waals surface area contributed by atoms with Gasteiger partial charge in [0.1, 0.15) is 5.82 Å². The Bertz CT molecular complexity index is 394. The molecule has 6 heteroatoms. The van der Waals surface area contributed by atoms with Gasteiger partial charge in [0.25, 0.3) is 0 Å². The molecule has 0 saturated carbocycles. The molecule has 0 aliphatic heterocycles. The SMILES string of the molecule is Cn1ccnc1CNCCc1ncon1. The molecule has 0 spiro atoms. The molecule has 80 valence electrons. The van der Waals surface area contributed by atoms with Crippen LogP contribution in [0.2, 0.25) is 0 Å². The molecule has 2 heterocycles. The van der Waals surface area contributed by atoms with E-state index >= 15 is 0 Å². The standard InChI is InChI=1S/C9H13N5O/c1-14-5-4-11-9(14)6-10-3-2-8-12-7-15-13-8/h4-5,7,10H,2-3,6H2,1H3. The highest BCUT2D eigenvalue weighted by Crippen LogP contribution is 1.93. The fourth-order valence-corrected chi connectivity index (χ4v) is 1.27. The van der Waals surface area contributed by atoms with Crippen LogP contribution in [0.4, 0.5) is 0 Å². The van der Waals surface area contributed by atoms with E-state index in [2.05, 4.69) is 25.0 Å². The molecule has 15 heavy (non-hydrogen) atoms. The van der Waals surface area contributed by atoms with Crippen LogP contribution in [0.5, 0.6) is 0 Å². The molecule has 1 N–H and O–H groups in total. The monoisotopic (exact) mass is 207 g/mol. The highest BCUT2D eigenvalue weighted by atomic mass is 16.5. The number of hydrogen-bond acceptors (Lipinski definition) is 5. The van der Waals surface area contributed by atoms with Gasteiger partial charge in [0.2, 0.25) is 6.39 Å². The zero-order valence-corrected chi connectivity index (χ0v) is 8.55. The maximum atomic E-state index is 4.63. The van der Waals surface area contributed by atoms with Gasteiger partial charge in [-0.1, -0.05) is 5.16 Å². The highest BCUT2D eigenvalue weighted by molar-refractivity contribution is 4.90. The van der Waals surface area contributed by atoms with Gasteiger partial charge >= 0.3 is 0 Å². The normalized spacial score (nSPS) is 10.7. The summed E-state index contributed by atoms with van der Waals surface area (Å²) in [5.74, 6) is 1.74. The first-order valence-electron chi connectivity index (χ1n) is 4.78. The third-order valence-corrected chi connectivity index (χ3v) is 2.14. The fraction of sp³-hybridized carbons (Fsp3) is 0.444. The molecule has 2 aromatic heterocycles. The van der Waals surface area contributed by atoms with E-state index in [0.29, 0.717) is 0 Å². The van der Waals surface area contributed by atoms with Crippen molar-refractivity contribution in [2.24, 2.45) is 7.05 Å². The molecule has 6 nitrogen and oxygen atoms in total. The van der Waals surface area contributed by atoms with Gasteiger partial charge in [-0.05, 0) is 0 Å². The second kappa shape index (κ2) is 4.70. The Balaban J connectivity index is 1.70. The molecule has 0 bridgehead atoms. The highest BCUT2D eigenvalue weighted by Gasteiger charge is 2.00. The summed E-state index contributed by atoms with van der Waals surface area (Å²) in [4.78, 5) is 8.13. The minimum absolute atomic E-state index is 0.724. The summed E-state index contributed by atoms with van der Waals surface area (Å²) in [5, 5.41) is 6.98. The Hall–Kier alpha value is -1.69. The smallest absolute Gasteiger partial charge is 0.213 e. The van der Waals surface area contributed by atoms with Gasteiger partial charge in [0, 0.05) is 32.4 Å². The van der Waals surface area contributed by atoms with Crippen molar-refractivity contribution in [2.75, 3.05) is 6.54 Å². The summed E-state index contributed by atoms with van der Waals surface area (Å²) in [6.45, 7) is 1.56. The van der Waals surface area contributed by atoms with E-state index in [9.17, 15) is 0 Å². The molecule has 0 atom stereocenters. The molecule has 0 saturated heterocycles. The van der Waals surface area contributed by atoms with Crippen LogP contribution in [0.25, 0.3) is 0 Å². The van der Waals surface area contributed by atoms with E-state index < -0.39 is 0 Å². The van der Waals surface area contributed by atoms with Crippen molar-refractivity contribution in [2.45, 2.75) is 13.0 Å². The van der Waals surface area contributed by atoms with Gasteiger partial charge in [-0.25, -0.2) is 4.98 Å². The summed E-state index contributed by atoms with van der Waals surface area (Å²) < 4.78 is 6.62. The molecular weight excluding hydrogens is 194 g/mol. The summed E-state index contributed by atoms with van der Waals surface area (Å²) in [5.41, 5.74) is 0. The van der Waals surface area contributed by atoms with Crippen molar-refractivity contribution in [3.05, 3.63) is 30.4 Å². The van der Waals surface area contributed by atoms with Crippen LogP contribution in [0.3, 0.4) is 0 Å². The topological polar surface area (TPSA) is 68.8 Å². The van der Waals surface area contributed by atoms with Gasteiger partial charge in [0.15, 0.2) is 5.82 Å². The molecule has 0 aromatic carbocycles. The van der Waals surface area contributed by atoms with Crippen LogP contribution in [0.1, 0.15) is 11.6 Å². The largest absolute Gasteiger partial charge is 0.343 e. The number of rotatable bonds is 5. The molecule has 0 fully saturated rings. The van der Waals surface area contributed by atoms with Crippen molar-refractivity contribution in [1.29, 1.82) is 0 Å². The lowest BCUT2D eigenvalue weighted by atomic mass is 10.4. The van der Waals surface area contributed by atoms with Crippen molar-refractivity contribution in [3.63, 3.8) is 0 Å². The van der Waals surface area contributed by atoms with E-state index in [1.165, 1.54) is 6.39 Å². The summed E-state index contributed by atoms with van der Waals surface area (Å²) in [6, 6.07) is 0. The summed E-state index contributed by atoms with van der Waals surface area (Å²) in [7, 11) is 1.98. The van der Waals surface area contributed by atoms with Crippen LogP contribution in [0.15, 0.2) is 23.3 Å². The summed E-state index contributed by atoms with van der Waals surface area (Å²) in [6.07, 6.45) is 5.82. The number of aromatic nitrogens is 4. The number of nitrogens with zero attached hydrogens (tertiary/aromatic N) is 4. The average Bonchev–Trinajstić information content (AvgIpc) is 2.85. The van der Waals surface area contributed by atoms with Crippen LogP contribution in [0, 0.1) is 0 Å². The minimum atomic E-state index is 0.724. The number of nitrogens with one attached hydrogen (secondary N) is 1. The van der Waals surface area contributed by atoms with E-state index in [1.807, 2.05) is 17.8 Å². The Morgan fingerprint density at radius 3 is 3.07 bits per heavy atom. The predicted octanol–water partition coefficient (Wildman–Crippen LogP) is 0.135. The van der Waals surface area contributed by atoms with Crippen LogP contribution in [-0.4, -0.2) is 26.2 Å². The number of hydrogen-bond donors (Lipinski definition) is 1. The van der Waals surface area contributed by atoms with Crippen LogP contribution in [-0.2, 0) is 20.0 Å². The number of imidazole rings is 1. The molecule has 0 aliphatic rings. The van der Waals surface area contributed by atoms with E-state index in [4.69, 9.17) is 0 Å². The van der Waals surface area contributed by atoms with E-state index in [1.54, 1.807) is 6.20 Å². The molecule has 2 aromatic rings. The third-order valence-electron chi connectivity index (χ3n) is 2.14. The van der Waals surface area contributed by atoms with Crippen molar-refractivity contribution < 1.29 is 4.52 Å². The second-order valence-corrected chi connectivity index (χ2v) is 3.23. The zero-order valence-electron chi connectivity index (χ0n) is 8.55. The maximum Gasteiger partial charge on any atom is 0.213 e. The van der Waals surface area contributed by atoms with Crippen molar-refractivity contribution in [1.82, 2.24) is 25.0 Å². The van der Waals surface area contributed by atoms with Gasteiger partial charge in [-0.15, -0.1) is 0 Å². The Morgan fingerprint density at radius 1 is 1.47 bits per heavy atom. The van der Waals surface area contributed by atoms with Crippen LogP contribution < -0.4 is 5.32 Å². The Kier molecular flexibility index (Phi) is 3.08. The van der Waals surface area contributed by atoms with Gasteiger partial charge in [-0.3, -0.25) is 0 Å². The summed E-state index contributed by atoms with van der Waals surface area (Å²) >= 11 is 0. The number of aryl methyl sites for hydroxylation is 1. The first-order chi connectivity index (χ1) is 7.36. The average molecular weight is 207 g/mol. The molecule has 0 unspecified atom stereocenters. The third kappa shape index (κ3) is 2.63. The van der Waals surface area contributed by atoms with Crippen molar-refractivity contribution >= 4 is 0 Å². The first kappa shape index (κ1) is 9.85. The molecule has 2 rings (SSSR count). The van der Waals surface area contributed by atoms with Crippen LogP contribution >= 0.6 is 0 Å². The Labute approximate surface area is 87.3 Å². The first-order valence-corrected chi connectivity index (χ1v) is 4.78. The quantitative estimate of drug-likeness (QED) is 0.706. The van der Waals surface area contributed by atoms with Gasteiger partial charge in [0.05, 0.1) is 6.54 Å². The Morgan fingerprint density at radius 2 is 2.40 bits per heavy atom. The minimum Gasteiger partial charge on any atom is -0.343 e. The van der Waals surface area contributed by atoms with Crippen molar-refractivity contribution in [3.8, 4) is 0 Å². The van der Waals surface area contributed by atoms with E-state index in [0.717, 1.165) is 31.2 Å².